The highest BCUT2D eigenvalue weighted by Crippen LogP contribution is 2.21. The first-order valence-electron chi connectivity index (χ1n) is 7.50. The van der Waals surface area contributed by atoms with Crippen LogP contribution in [0, 0.1) is 5.41 Å². The summed E-state index contributed by atoms with van der Waals surface area (Å²) in [6.07, 6.45) is 5.70. The number of nitrogens with one attached hydrogen (secondary N) is 2. The number of nitrogens with two attached hydrogens (primary N) is 1. The van der Waals surface area contributed by atoms with Gasteiger partial charge in [0.25, 0.3) is 0 Å². The highest BCUT2D eigenvalue weighted by atomic mass is 16.3. The van der Waals surface area contributed by atoms with Crippen molar-refractivity contribution in [3.8, 4) is 0 Å². The maximum Gasteiger partial charge on any atom is 0.203 e. The van der Waals surface area contributed by atoms with Crippen LogP contribution in [0.1, 0.15) is 31.6 Å². The predicted octanol–water partition coefficient (Wildman–Crippen LogP) is 2.38. The molecule has 0 radical (unpaired) electrons. The Morgan fingerprint density at radius 3 is 2.87 bits per heavy atom. The lowest BCUT2D eigenvalue weighted by molar-refractivity contribution is 0.552. The fraction of sp³-hybridized carbons (Fsp3) is 0.312. The standard InChI is InChI=1S/C16H22N6O/c1-4-7-12(13-8-6-9-23-13)20-15-11(10-17)14(19-5-2)21-16(18)22(15)3/h6-10,17,20H,4-5H2,1-3H3,(H2,18,19,21)/b12-7+,17-10?. The first-order valence-corrected chi connectivity index (χ1v) is 7.50. The summed E-state index contributed by atoms with van der Waals surface area (Å²) in [5.41, 5.74) is 7.82. The number of hydrogen-bond donors (Lipinski definition) is 3. The molecule has 2 rings (SSSR count). The molecule has 0 bridgehead atoms. The maximum absolute atomic E-state index is 7.73. The lowest BCUT2D eigenvalue weighted by Gasteiger charge is -2.17. The van der Waals surface area contributed by atoms with E-state index in [1.54, 1.807) is 17.9 Å². The van der Waals surface area contributed by atoms with Gasteiger partial charge in [0, 0.05) is 19.8 Å². The zero-order valence-corrected chi connectivity index (χ0v) is 13.6. The highest BCUT2D eigenvalue weighted by molar-refractivity contribution is 5.88. The fourth-order valence-corrected chi connectivity index (χ4v) is 2.18. The molecular formula is C16H22N6O. The van der Waals surface area contributed by atoms with Crippen molar-refractivity contribution in [3.63, 3.8) is 0 Å². The number of allylic oxidation sites excluding steroid dienone is 1. The van der Waals surface area contributed by atoms with Crippen LogP contribution in [-0.2, 0) is 7.05 Å². The van der Waals surface area contributed by atoms with Crippen molar-refractivity contribution >= 4 is 23.7 Å². The van der Waals surface area contributed by atoms with Gasteiger partial charge >= 0.3 is 0 Å². The summed E-state index contributed by atoms with van der Waals surface area (Å²) in [6, 6.07) is 3.71. The third-order valence-electron chi connectivity index (χ3n) is 3.30. The van der Waals surface area contributed by atoms with Gasteiger partial charge in [-0.15, -0.1) is 0 Å². The Morgan fingerprint density at radius 1 is 1.52 bits per heavy atom. The van der Waals surface area contributed by atoms with Gasteiger partial charge in [-0.2, -0.15) is 4.98 Å². The van der Waals surface area contributed by atoms with Gasteiger partial charge in [0.05, 0.1) is 17.5 Å². The van der Waals surface area contributed by atoms with Crippen LogP contribution < -0.4 is 16.5 Å². The number of nitrogens with zero attached hydrogens (tertiary/aromatic N) is 3. The van der Waals surface area contributed by atoms with Crippen LogP contribution in [-0.4, -0.2) is 22.3 Å². The van der Waals surface area contributed by atoms with Crippen LogP contribution in [0.4, 0.5) is 11.8 Å². The van der Waals surface area contributed by atoms with E-state index in [2.05, 4.69) is 15.3 Å². The van der Waals surface area contributed by atoms with Crippen molar-refractivity contribution < 1.29 is 4.42 Å². The van der Waals surface area contributed by atoms with Gasteiger partial charge < -0.3 is 25.4 Å². The molecule has 0 saturated carbocycles. The molecule has 2 aromatic heterocycles. The summed E-state index contributed by atoms with van der Waals surface area (Å²) >= 11 is 0. The molecule has 0 aliphatic carbocycles. The SMILES string of the molecule is CC/C=C(/Nc1c(C=N)c(=NCC)nc(N)n1C)c1ccco1. The summed E-state index contributed by atoms with van der Waals surface area (Å²) < 4.78 is 7.17. The monoisotopic (exact) mass is 314 g/mol. The summed E-state index contributed by atoms with van der Waals surface area (Å²) in [4.78, 5) is 8.57. The van der Waals surface area contributed by atoms with Crippen molar-refractivity contribution in [2.45, 2.75) is 20.3 Å². The zero-order chi connectivity index (χ0) is 16.8. The van der Waals surface area contributed by atoms with E-state index < -0.39 is 0 Å². The Hall–Kier alpha value is -2.83. The van der Waals surface area contributed by atoms with Crippen molar-refractivity contribution in [1.29, 1.82) is 5.41 Å². The van der Waals surface area contributed by atoms with Gasteiger partial charge in [-0.1, -0.05) is 13.0 Å². The highest BCUT2D eigenvalue weighted by Gasteiger charge is 2.14. The minimum atomic E-state index is 0.320. The summed E-state index contributed by atoms with van der Waals surface area (Å²) in [5, 5.41) is 11.0. The molecule has 0 spiro atoms. The molecule has 0 saturated heterocycles. The van der Waals surface area contributed by atoms with Crippen molar-refractivity contribution in [1.82, 2.24) is 9.55 Å². The number of furan rings is 1. The van der Waals surface area contributed by atoms with Crippen molar-refractivity contribution in [3.05, 3.63) is 41.3 Å². The van der Waals surface area contributed by atoms with E-state index in [0.717, 1.165) is 12.1 Å². The van der Waals surface area contributed by atoms with Gasteiger partial charge in [0.15, 0.2) is 5.49 Å². The fourth-order valence-electron chi connectivity index (χ4n) is 2.18. The van der Waals surface area contributed by atoms with Crippen molar-refractivity contribution in [2.24, 2.45) is 12.0 Å². The Morgan fingerprint density at radius 2 is 2.30 bits per heavy atom. The third kappa shape index (κ3) is 3.50. The Balaban J connectivity index is 2.60. The van der Waals surface area contributed by atoms with Gasteiger partial charge in [-0.3, -0.25) is 4.99 Å². The quantitative estimate of drug-likeness (QED) is 0.712. The Kier molecular flexibility index (Phi) is 5.35. The molecule has 23 heavy (non-hydrogen) atoms. The van der Waals surface area contributed by atoms with E-state index in [1.165, 1.54) is 6.21 Å². The average Bonchev–Trinajstić information content (AvgIpc) is 3.06. The number of anilines is 2. The molecule has 122 valence electrons. The molecule has 0 aliphatic heterocycles. The predicted molar refractivity (Wildman–Crippen MR) is 92.2 cm³/mol. The van der Waals surface area contributed by atoms with Crippen LogP contribution in [0.3, 0.4) is 0 Å². The largest absolute Gasteiger partial charge is 0.463 e. The lowest BCUT2D eigenvalue weighted by atomic mass is 10.2. The van der Waals surface area contributed by atoms with Crippen molar-refractivity contribution in [2.75, 3.05) is 17.6 Å². The topological polar surface area (TPSA) is 105 Å². The second-order valence-corrected chi connectivity index (χ2v) is 4.86. The van der Waals surface area contributed by atoms with Crippen LogP contribution in [0.5, 0.6) is 0 Å². The zero-order valence-electron chi connectivity index (χ0n) is 13.6. The van der Waals surface area contributed by atoms with E-state index in [4.69, 9.17) is 15.6 Å². The normalized spacial score (nSPS) is 12.5. The van der Waals surface area contributed by atoms with Crippen LogP contribution in [0.15, 0.2) is 33.9 Å². The number of aromatic nitrogens is 2. The van der Waals surface area contributed by atoms with Gasteiger partial charge in [-0.05, 0) is 25.5 Å². The molecule has 0 aromatic carbocycles. The molecule has 2 heterocycles. The molecule has 0 atom stereocenters. The van der Waals surface area contributed by atoms with E-state index in [1.807, 2.05) is 32.1 Å². The summed E-state index contributed by atoms with van der Waals surface area (Å²) in [7, 11) is 1.79. The minimum absolute atomic E-state index is 0.320. The molecule has 7 heteroatoms. The molecule has 0 unspecified atom stereocenters. The van der Waals surface area contributed by atoms with Crippen LogP contribution in [0.25, 0.3) is 5.70 Å². The molecular weight excluding hydrogens is 292 g/mol. The minimum Gasteiger partial charge on any atom is -0.463 e. The molecule has 4 N–H and O–H groups in total. The number of hydrogen-bond acceptors (Lipinski definition) is 6. The van der Waals surface area contributed by atoms with E-state index in [0.29, 0.717) is 35.1 Å². The smallest absolute Gasteiger partial charge is 0.203 e. The second kappa shape index (κ2) is 7.44. The molecule has 0 aliphatic rings. The van der Waals surface area contributed by atoms with Crippen LogP contribution >= 0.6 is 0 Å². The lowest BCUT2D eigenvalue weighted by Crippen LogP contribution is -2.25. The Bertz CT molecular complexity index is 771. The molecule has 0 fully saturated rings. The number of nitrogen functional groups attached to an aromatic ring is 1. The summed E-state index contributed by atoms with van der Waals surface area (Å²) in [5.74, 6) is 1.68. The average molecular weight is 314 g/mol. The third-order valence-corrected chi connectivity index (χ3v) is 3.30. The van der Waals surface area contributed by atoms with Gasteiger partial charge in [-0.25, -0.2) is 0 Å². The van der Waals surface area contributed by atoms with Gasteiger partial charge in [0.1, 0.15) is 11.6 Å². The Labute approximate surface area is 135 Å². The number of rotatable bonds is 6. The molecule has 0 amide bonds. The van der Waals surface area contributed by atoms with E-state index in [9.17, 15) is 0 Å². The van der Waals surface area contributed by atoms with E-state index >= 15 is 0 Å². The summed E-state index contributed by atoms with van der Waals surface area (Å²) in [6.45, 7) is 4.52. The first-order chi connectivity index (χ1) is 11.1. The second-order valence-electron chi connectivity index (χ2n) is 4.86. The molecule has 7 nitrogen and oxygen atoms in total. The molecule has 2 aromatic rings. The van der Waals surface area contributed by atoms with Gasteiger partial charge in [0.2, 0.25) is 5.95 Å². The first kappa shape index (κ1) is 16.5. The maximum atomic E-state index is 7.73. The van der Waals surface area contributed by atoms with E-state index in [-0.39, 0.29) is 0 Å². The van der Waals surface area contributed by atoms with Crippen LogP contribution in [0.2, 0.25) is 0 Å².